The summed E-state index contributed by atoms with van der Waals surface area (Å²) >= 11 is 0. The zero-order valence-corrected chi connectivity index (χ0v) is 16.7. The van der Waals surface area contributed by atoms with E-state index in [1.807, 2.05) is 24.3 Å². The average molecular weight is 382 g/mol. The van der Waals surface area contributed by atoms with Gasteiger partial charge in [-0.15, -0.1) is 0 Å². The van der Waals surface area contributed by atoms with Crippen molar-refractivity contribution in [2.75, 3.05) is 51.7 Å². The molecule has 0 aromatic heterocycles. The lowest BCUT2D eigenvalue weighted by atomic mass is 10.2. The van der Waals surface area contributed by atoms with E-state index in [2.05, 4.69) is 50.4 Å². The van der Waals surface area contributed by atoms with Crippen LogP contribution in [0.1, 0.15) is 12.0 Å². The summed E-state index contributed by atoms with van der Waals surface area (Å²) < 4.78 is 5.15. The van der Waals surface area contributed by atoms with Gasteiger partial charge in [-0.2, -0.15) is 0 Å². The third-order valence-electron chi connectivity index (χ3n) is 4.99. The second-order valence-electron chi connectivity index (χ2n) is 7.08. The van der Waals surface area contributed by atoms with Gasteiger partial charge in [0.15, 0.2) is 5.96 Å². The number of aliphatic imine (C=N–C) groups is 1. The Balaban J connectivity index is 1.31. The minimum Gasteiger partial charge on any atom is -0.497 e. The van der Waals surface area contributed by atoms with Gasteiger partial charge in [-0.3, -0.25) is 9.89 Å². The number of rotatable bonds is 8. The summed E-state index contributed by atoms with van der Waals surface area (Å²) in [6.45, 7) is 7.34. The summed E-state index contributed by atoms with van der Waals surface area (Å²) in [5.74, 6) is 1.28. The van der Waals surface area contributed by atoms with Crippen LogP contribution in [0.15, 0.2) is 59.6 Å². The van der Waals surface area contributed by atoms with Crippen molar-refractivity contribution in [3.63, 3.8) is 0 Å². The first-order valence-corrected chi connectivity index (χ1v) is 9.92. The quantitative estimate of drug-likeness (QED) is 0.418. The Kier molecular flexibility index (Phi) is 7.70. The smallest absolute Gasteiger partial charge is 0.193 e. The fourth-order valence-corrected chi connectivity index (χ4v) is 3.37. The van der Waals surface area contributed by atoms with Crippen LogP contribution in [-0.4, -0.2) is 62.1 Å². The summed E-state index contributed by atoms with van der Waals surface area (Å²) in [4.78, 5) is 9.48. The molecule has 6 nitrogen and oxygen atoms in total. The second kappa shape index (κ2) is 10.7. The molecule has 1 heterocycles. The van der Waals surface area contributed by atoms with E-state index in [0.717, 1.165) is 63.7 Å². The van der Waals surface area contributed by atoms with E-state index in [-0.39, 0.29) is 0 Å². The van der Waals surface area contributed by atoms with Crippen molar-refractivity contribution in [3.8, 4) is 5.75 Å². The standard InChI is InChI=1S/C22H31N5O/c1-28-21-10-8-20(9-11-21)25-22(23)24-12-5-13-26-14-16-27(17-15-26)18-19-6-3-2-4-7-19/h2-4,6-11H,5,12-18H2,1H3,(H3,23,24,25). The van der Waals surface area contributed by atoms with E-state index < -0.39 is 0 Å². The molecule has 3 rings (SSSR count). The number of nitrogens with zero attached hydrogens (tertiary/aromatic N) is 3. The maximum absolute atomic E-state index is 5.97. The van der Waals surface area contributed by atoms with Crippen LogP contribution in [0.5, 0.6) is 5.75 Å². The van der Waals surface area contributed by atoms with E-state index in [1.165, 1.54) is 5.56 Å². The largest absolute Gasteiger partial charge is 0.497 e. The number of anilines is 1. The minimum atomic E-state index is 0.456. The summed E-state index contributed by atoms with van der Waals surface area (Å²) in [6.07, 6.45) is 1.02. The highest BCUT2D eigenvalue weighted by Gasteiger charge is 2.16. The Morgan fingerprint density at radius 1 is 1.00 bits per heavy atom. The highest BCUT2D eigenvalue weighted by atomic mass is 16.5. The highest BCUT2D eigenvalue weighted by Crippen LogP contribution is 2.14. The van der Waals surface area contributed by atoms with Crippen LogP contribution in [0.2, 0.25) is 0 Å². The molecule has 0 radical (unpaired) electrons. The number of ether oxygens (including phenoxy) is 1. The molecule has 2 aromatic rings. The van der Waals surface area contributed by atoms with Gasteiger partial charge in [0, 0.05) is 51.5 Å². The van der Waals surface area contributed by atoms with E-state index in [0.29, 0.717) is 5.96 Å². The van der Waals surface area contributed by atoms with Gasteiger partial charge in [0.2, 0.25) is 0 Å². The molecule has 0 atom stereocenters. The molecule has 28 heavy (non-hydrogen) atoms. The number of hydrogen-bond donors (Lipinski definition) is 2. The molecule has 0 unspecified atom stereocenters. The van der Waals surface area contributed by atoms with Crippen LogP contribution in [0.3, 0.4) is 0 Å². The lowest BCUT2D eigenvalue weighted by molar-refractivity contribution is 0.127. The molecule has 150 valence electrons. The van der Waals surface area contributed by atoms with Gasteiger partial charge in [0.05, 0.1) is 7.11 Å². The van der Waals surface area contributed by atoms with Gasteiger partial charge in [-0.1, -0.05) is 30.3 Å². The summed E-state index contributed by atoms with van der Waals surface area (Å²) in [5.41, 5.74) is 8.28. The SMILES string of the molecule is COc1ccc(NC(N)=NCCCN2CCN(Cc3ccccc3)CC2)cc1. The van der Waals surface area contributed by atoms with Crippen molar-refractivity contribution >= 4 is 11.6 Å². The number of benzene rings is 2. The van der Waals surface area contributed by atoms with Gasteiger partial charge in [-0.05, 0) is 36.2 Å². The zero-order valence-electron chi connectivity index (χ0n) is 16.7. The lowest BCUT2D eigenvalue weighted by Gasteiger charge is -2.34. The van der Waals surface area contributed by atoms with Crippen molar-refractivity contribution < 1.29 is 4.74 Å². The average Bonchev–Trinajstić information content (AvgIpc) is 2.74. The molecule has 0 spiro atoms. The van der Waals surface area contributed by atoms with Crippen molar-refractivity contribution in [1.82, 2.24) is 9.80 Å². The van der Waals surface area contributed by atoms with Gasteiger partial charge < -0.3 is 20.7 Å². The molecule has 0 saturated carbocycles. The third kappa shape index (κ3) is 6.55. The molecule has 3 N–H and O–H groups in total. The molecule has 0 aliphatic carbocycles. The summed E-state index contributed by atoms with van der Waals surface area (Å²) in [5, 5.41) is 3.11. The third-order valence-corrected chi connectivity index (χ3v) is 4.99. The summed E-state index contributed by atoms with van der Waals surface area (Å²) in [7, 11) is 1.65. The molecule has 0 bridgehead atoms. The van der Waals surface area contributed by atoms with Crippen LogP contribution in [0.25, 0.3) is 0 Å². The van der Waals surface area contributed by atoms with Crippen molar-refractivity contribution in [1.29, 1.82) is 0 Å². The molecule has 6 heteroatoms. The predicted molar refractivity (Wildman–Crippen MR) is 116 cm³/mol. The van der Waals surface area contributed by atoms with E-state index in [4.69, 9.17) is 10.5 Å². The number of piperazine rings is 1. The Morgan fingerprint density at radius 2 is 1.68 bits per heavy atom. The Labute approximate surface area is 168 Å². The first-order chi connectivity index (χ1) is 13.7. The van der Waals surface area contributed by atoms with Gasteiger partial charge in [0.25, 0.3) is 0 Å². The van der Waals surface area contributed by atoms with E-state index >= 15 is 0 Å². The Hall–Kier alpha value is -2.57. The molecule has 1 fully saturated rings. The molecular formula is C22H31N5O. The molecule has 1 saturated heterocycles. The van der Waals surface area contributed by atoms with Crippen LogP contribution < -0.4 is 15.8 Å². The highest BCUT2D eigenvalue weighted by molar-refractivity contribution is 5.92. The topological polar surface area (TPSA) is 66.1 Å². The fourth-order valence-electron chi connectivity index (χ4n) is 3.37. The van der Waals surface area contributed by atoms with Crippen molar-refractivity contribution in [3.05, 3.63) is 60.2 Å². The number of nitrogens with two attached hydrogens (primary N) is 1. The normalized spacial score (nSPS) is 16.1. The Bertz CT molecular complexity index is 724. The molecule has 1 aliphatic heterocycles. The molecule has 0 amide bonds. The number of methoxy groups -OCH3 is 1. The lowest BCUT2D eigenvalue weighted by Crippen LogP contribution is -2.46. The van der Waals surface area contributed by atoms with Crippen LogP contribution >= 0.6 is 0 Å². The van der Waals surface area contributed by atoms with Gasteiger partial charge >= 0.3 is 0 Å². The predicted octanol–water partition coefficient (Wildman–Crippen LogP) is 2.63. The monoisotopic (exact) mass is 381 g/mol. The molecular weight excluding hydrogens is 350 g/mol. The van der Waals surface area contributed by atoms with Crippen LogP contribution in [-0.2, 0) is 6.54 Å². The fraction of sp³-hybridized carbons (Fsp3) is 0.409. The van der Waals surface area contributed by atoms with Crippen LogP contribution in [0, 0.1) is 0 Å². The minimum absolute atomic E-state index is 0.456. The second-order valence-corrected chi connectivity index (χ2v) is 7.08. The molecule has 1 aliphatic rings. The van der Waals surface area contributed by atoms with Crippen LogP contribution in [0.4, 0.5) is 5.69 Å². The van der Waals surface area contributed by atoms with E-state index in [1.54, 1.807) is 7.11 Å². The molecule has 2 aromatic carbocycles. The first kappa shape index (κ1) is 20.2. The Morgan fingerprint density at radius 3 is 2.36 bits per heavy atom. The summed E-state index contributed by atoms with van der Waals surface area (Å²) in [6, 6.07) is 18.3. The number of nitrogens with one attached hydrogen (secondary N) is 1. The number of guanidine groups is 1. The number of hydrogen-bond acceptors (Lipinski definition) is 4. The van der Waals surface area contributed by atoms with Gasteiger partial charge in [0.1, 0.15) is 5.75 Å². The van der Waals surface area contributed by atoms with Gasteiger partial charge in [-0.25, -0.2) is 0 Å². The van der Waals surface area contributed by atoms with Crippen molar-refractivity contribution in [2.45, 2.75) is 13.0 Å². The maximum Gasteiger partial charge on any atom is 0.193 e. The zero-order chi connectivity index (χ0) is 19.6. The maximum atomic E-state index is 5.97. The van der Waals surface area contributed by atoms with Crippen molar-refractivity contribution in [2.24, 2.45) is 10.7 Å². The first-order valence-electron chi connectivity index (χ1n) is 9.92. The van der Waals surface area contributed by atoms with E-state index in [9.17, 15) is 0 Å².